The molecule has 0 radical (unpaired) electrons. The van der Waals surface area contributed by atoms with E-state index in [2.05, 4.69) is 47.8 Å². The molecule has 0 aliphatic heterocycles. The van der Waals surface area contributed by atoms with E-state index >= 15 is 0 Å². The van der Waals surface area contributed by atoms with Gasteiger partial charge < -0.3 is 10.1 Å². The van der Waals surface area contributed by atoms with Crippen LogP contribution in [0, 0.1) is 0 Å². The SMILES string of the molecule is C=CC(=O)OC.CCNCc1ccccc1.Cl. The smallest absolute Gasteiger partial charge is 0.329 e. The Morgan fingerprint density at radius 1 is 1.41 bits per heavy atom. The lowest BCUT2D eigenvalue weighted by Gasteiger charge is -1.99. The summed E-state index contributed by atoms with van der Waals surface area (Å²) in [6.07, 6.45) is 1.11. The highest BCUT2D eigenvalue weighted by Crippen LogP contribution is 1.96. The van der Waals surface area contributed by atoms with Crippen LogP contribution in [-0.4, -0.2) is 19.6 Å². The van der Waals surface area contributed by atoms with Crippen LogP contribution in [-0.2, 0) is 16.1 Å². The van der Waals surface area contributed by atoms with E-state index in [0.717, 1.165) is 19.2 Å². The van der Waals surface area contributed by atoms with Crippen LogP contribution in [0.25, 0.3) is 0 Å². The zero-order valence-electron chi connectivity index (χ0n) is 10.3. The van der Waals surface area contributed by atoms with Crippen molar-refractivity contribution in [3.8, 4) is 0 Å². The number of hydrogen-bond acceptors (Lipinski definition) is 3. The van der Waals surface area contributed by atoms with Crippen molar-refractivity contribution in [1.29, 1.82) is 0 Å². The molecule has 1 aromatic rings. The van der Waals surface area contributed by atoms with Crippen LogP contribution >= 0.6 is 12.4 Å². The molecule has 0 saturated carbocycles. The first kappa shape index (κ1) is 18.1. The summed E-state index contributed by atoms with van der Waals surface area (Å²) in [6, 6.07) is 10.4. The minimum absolute atomic E-state index is 0. The maximum atomic E-state index is 9.84. The van der Waals surface area contributed by atoms with E-state index in [9.17, 15) is 4.79 Å². The molecule has 0 heterocycles. The fourth-order valence-electron chi connectivity index (χ4n) is 0.949. The van der Waals surface area contributed by atoms with Gasteiger partial charge in [0.2, 0.25) is 0 Å². The van der Waals surface area contributed by atoms with Crippen LogP contribution in [0.3, 0.4) is 0 Å². The van der Waals surface area contributed by atoms with Gasteiger partial charge in [0.15, 0.2) is 0 Å². The van der Waals surface area contributed by atoms with Gasteiger partial charge in [0.25, 0.3) is 0 Å². The monoisotopic (exact) mass is 257 g/mol. The standard InChI is InChI=1S/C9H13N.C4H6O2.ClH/c1-2-10-8-9-6-4-3-5-7-9;1-3-4(5)6-2;/h3-7,10H,2,8H2,1H3;3H,1H2,2H3;1H. The van der Waals surface area contributed by atoms with Crippen molar-refractivity contribution >= 4 is 18.4 Å². The van der Waals surface area contributed by atoms with E-state index in [1.807, 2.05) is 6.07 Å². The van der Waals surface area contributed by atoms with Crippen LogP contribution < -0.4 is 5.32 Å². The number of nitrogens with one attached hydrogen (secondary N) is 1. The summed E-state index contributed by atoms with van der Waals surface area (Å²) in [5, 5.41) is 3.26. The normalized spacial score (nSPS) is 8.12. The van der Waals surface area contributed by atoms with Gasteiger partial charge in [-0.1, -0.05) is 43.8 Å². The molecule has 0 unspecified atom stereocenters. The van der Waals surface area contributed by atoms with Crippen molar-refractivity contribution in [2.75, 3.05) is 13.7 Å². The molecule has 0 aromatic heterocycles. The predicted octanol–water partition coefficient (Wildman–Crippen LogP) is 2.56. The predicted molar refractivity (Wildman–Crippen MR) is 73.3 cm³/mol. The van der Waals surface area contributed by atoms with E-state index in [1.165, 1.54) is 12.7 Å². The van der Waals surface area contributed by atoms with Crippen molar-refractivity contribution < 1.29 is 9.53 Å². The minimum atomic E-state index is -0.394. The van der Waals surface area contributed by atoms with Gasteiger partial charge in [0.05, 0.1) is 7.11 Å². The van der Waals surface area contributed by atoms with Gasteiger partial charge in [-0.2, -0.15) is 0 Å². The van der Waals surface area contributed by atoms with Gasteiger partial charge in [0.1, 0.15) is 0 Å². The summed E-state index contributed by atoms with van der Waals surface area (Å²) in [5.41, 5.74) is 1.35. The van der Waals surface area contributed by atoms with Gasteiger partial charge in [-0.15, -0.1) is 12.4 Å². The van der Waals surface area contributed by atoms with E-state index in [4.69, 9.17) is 0 Å². The molecule has 0 fully saturated rings. The number of ether oxygens (including phenoxy) is 1. The first-order valence-corrected chi connectivity index (χ1v) is 5.19. The lowest BCUT2D eigenvalue weighted by atomic mass is 10.2. The van der Waals surface area contributed by atoms with Gasteiger partial charge in [0, 0.05) is 12.6 Å². The molecule has 3 nitrogen and oxygen atoms in total. The maximum Gasteiger partial charge on any atom is 0.329 e. The topological polar surface area (TPSA) is 38.3 Å². The van der Waals surface area contributed by atoms with Crippen LogP contribution in [0.4, 0.5) is 0 Å². The number of methoxy groups -OCH3 is 1. The van der Waals surface area contributed by atoms with Crippen LogP contribution in [0.1, 0.15) is 12.5 Å². The number of carbonyl (C=O) groups is 1. The summed E-state index contributed by atoms with van der Waals surface area (Å²) in [5.74, 6) is -0.394. The largest absolute Gasteiger partial charge is 0.466 e. The van der Waals surface area contributed by atoms with Crippen molar-refractivity contribution in [2.24, 2.45) is 0 Å². The molecule has 0 aliphatic carbocycles. The Balaban J connectivity index is 0. The molecule has 1 N–H and O–H groups in total. The zero-order chi connectivity index (χ0) is 12.2. The Bertz CT molecular complexity index is 302. The Kier molecular flexibility index (Phi) is 13.5. The van der Waals surface area contributed by atoms with E-state index in [1.54, 1.807) is 0 Å². The lowest BCUT2D eigenvalue weighted by Crippen LogP contribution is -2.11. The number of benzene rings is 1. The molecule has 96 valence electrons. The first-order chi connectivity index (χ1) is 7.74. The van der Waals surface area contributed by atoms with Crippen LogP contribution in [0.5, 0.6) is 0 Å². The van der Waals surface area contributed by atoms with Crippen molar-refractivity contribution in [3.63, 3.8) is 0 Å². The molecule has 17 heavy (non-hydrogen) atoms. The second-order valence-electron chi connectivity index (χ2n) is 2.99. The summed E-state index contributed by atoms with van der Waals surface area (Å²) in [6.45, 7) is 7.29. The zero-order valence-corrected chi connectivity index (χ0v) is 11.1. The molecular formula is C13H20ClNO2. The second-order valence-corrected chi connectivity index (χ2v) is 2.99. The molecule has 1 aromatic carbocycles. The molecular weight excluding hydrogens is 238 g/mol. The quantitative estimate of drug-likeness (QED) is 0.666. The molecule has 0 saturated heterocycles. The highest BCUT2D eigenvalue weighted by atomic mass is 35.5. The third-order valence-corrected chi connectivity index (χ3v) is 1.79. The highest BCUT2D eigenvalue weighted by Gasteiger charge is 1.85. The van der Waals surface area contributed by atoms with E-state index in [-0.39, 0.29) is 12.4 Å². The summed E-state index contributed by atoms with van der Waals surface area (Å²) in [7, 11) is 1.31. The third-order valence-electron chi connectivity index (χ3n) is 1.79. The number of halogens is 1. The van der Waals surface area contributed by atoms with Crippen molar-refractivity contribution in [3.05, 3.63) is 48.6 Å². The summed E-state index contributed by atoms with van der Waals surface area (Å²) >= 11 is 0. The molecule has 4 heteroatoms. The number of esters is 1. The molecule has 0 bridgehead atoms. The second kappa shape index (κ2) is 12.7. The Labute approximate surface area is 109 Å². The average Bonchev–Trinajstić information content (AvgIpc) is 2.37. The molecule has 0 aliphatic rings. The Morgan fingerprint density at radius 2 is 2.00 bits per heavy atom. The molecule has 1 rings (SSSR count). The number of carbonyl (C=O) groups excluding carboxylic acids is 1. The van der Waals surface area contributed by atoms with Crippen LogP contribution in [0.15, 0.2) is 43.0 Å². The molecule has 0 spiro atoms. The first-order valence-electron chi connectivity index (χ1n) is 5.19. The van der Waals surface area contributed by atoms with Crippen molar-refractivity contribution in [2.45, 2.75) is 13.5 Å². The van der Waals surface area contributed by atoms with Crippen molar-refractivity contribution in [1.82, 2.24) is 5.32 Å². The average molecular weight is 258 g/mol. The van der Waals surface area contributed by atoms with Gasteiger partial charge in [-0.25, -0.2) is 4.79 Å². The number of hydrogen-bond donors (Lipinski definition) is 1. The minimum Gasteiger partial charge on any atom is -0.466 e. The Morgan fingerprint density at radius 3 is 2.35 bits per heavy atom. The van der Waals surface area contributed by atoms with Gasteiger partial charge in [-0.3, -0.25) is 0 Å². The molecule has 0 amide bonds. The van der Waals surface area contributed by atoms with Crippen LogP contribution in [0.2, 0.25) is 0 Å². The summed E-state index contributed by atoms with van der Waals surface area (Å²) in [4.78, 5) is 9.84. The molecule has 0 atom stereocenters. The van der Waals surface area contributed by atoms with Gasteiger partial charge in [-0.05, 0) is 12.1 Å². The number of rotatable bonds is 4. The summed E-state index contributed by atoms with van der Waals surface area (Å²) < 4.78 is 4.14. The highest BCUT2D eigenvalue weighted by molar-refractivity contribution is 5.85. The fourth-order valence-corrected chi connectivity index (χ4v) is 0.949. The fraction of sp³-hybridized carbons (Fsp3) is 0.308. The van der Waals surface area contributed by atoms with E-state index < -0.39 is 5.97 Å². The van der Waals surface area contributed by atoms with E-state index in [0.29, 0.717) is 0 Å². The maximum absolute atomic E-state index is 9.84. The lowest BCUT2D eigenvalue weighted by molar-refractivity contribution is -0.134. The van der Waals surface area contributed by atoms with Gasteiger partial charge >= 0.3 is 5.97 Å². The third kappa shape index (κ3) is 11.0. The Hall–Kier alpha value is -1.32.